The second-order valence-electron chi connectivity index (χ2n) is 6.46. The smallest absolute Gasteiger partial charge is 0.223 e. The molecule has 1 heterocycles. The van der Waals surface area contributed by atoms with E-state index in [1.54, 1.807) is 0 Å². The molecule has 1 amide bonds. The van der Waals surface area contributed by atoms with Gasteiger partial charge in [0.1, 0.15) is 5.75 Å². The summed E-state index contributed by atoms with van der Waals surface area (Å²) in [6, 6.07) is 5.63. The van der Waals surface area contributed by atoms with Crippen molar-refractivity contribution < 1.29 is 14.3 Å². The molecule has 1 aliphatic carbocycles. The number of nitrogens with one attached hydrogen (secondary N) is 1. The Balaban J connectivity index is 1.50. The van der Waals surface area contributed by atoms with Gasteiger partial charge in [-0.3, -0.25) is 4.79 Å². The maximum atomic E-state index is 12.3. The second kappa shape index (κ2) is 7.10. The molecule has 1 saturated heterocycles. The van der Waals surface area contributed by atoms with E-state index in [0.29, 0.717) is 18.2 Å². The summed E-state index contributed by atoms with van der Waals surface area (Å²) in [5, 5.41) is 3.77. The minimum absolute atomic E-state index is 0.178. The molecule has 0 aromatic heterocycles. The van der Waals surface area contributed by atoms with Crippen molar-refractivity contribution in [1.82, 2.24) is 5.32 Å². The van der Waals surface area contributed by atoms with Gasteiger partial charge in [-0.1, -0.05) is 11.6 Å². The normalized spacial score (nSPS) is 21.9. The molecule has 2 fully saturated rings. The van der Waals surface area contributed by atoms with Crippen LogP contribution in [0.3, 0.4) is 0 Å². The summed E-state index contributed by atoms with van der Waals surface area (Å²) in [7, 11) is 0. The predicted molar refractivity (Wildman–Crippen MR) is 89.9 cm³/mol. The van der Waals surface area contributed by atoms with E-state index in [2.05, 4.69) is 5.32 Å². The summed E-state index contributed by atoms with van der Waals surface area (Å²) in [5.74, 6) is 1.21. The number of carbonyl (C=O) groups is 1. The van der Waals surface area contributed by atoms with Crippen LogP contribution in [-0.2, 0) is 16.0 Å². The van der Waals surface area contributed by atoms with E-state index in [-0.39, 0.29) is 17.2 Å². The van der Waals surface area contributed by atoms with Crippen LogP contribution in [0.25, 0.3) is 0 Å². The molecule has 0 unspecified atom stereocenters. The van der Waals surface area contributed by atoms with Crippen molar-refractivity contribution in [3.05, 3.63) is 28.8 Å². The summed E-state index contributed by atoms with van der Waals surface area (Å²) in [5.41, 5.74) is 1.27. The average molecular weight is 338 g/mol. The van der Waals surface area contributed by atoms with E-state index in [9.17, 15) is 4.79 Å². The molecular weight excluding hydrogens is 314 g/mol. The third-order valence-corrected chi connectivity index (χ3v) is 5.25. The van der Waals surface area contributed by atoms with Crippen LogP contribution >= 0.6 is 11.6 Å². The lowest BCUT2D eigenvalue weighted by Gasteiger charge is -2.22. The van der Waals surface area contributed by atoms with Gasteiger partial charge in [-0.15, -0.1) is 0 Å². The molecule has 1 aromatic rings. The van der Waals surface area contributed by atoms with Gasteiger partial charge >= 0.3 is 0 Å². The van der Waals surface area contributed by atoms with Crippen LogP contribution in [0.4, 0.5) is 0 Å². The van der Waals surface area contributed by atoms with Gasteiger partial charge in [0.05, 0.1) is 6.61 Å². The van der Waals surface area contributed by atoms with Gasteiger partial charge in [-0.2, -0.15) is 0 Å². The zero-order valence-corrected chi connectivity index (χ0v) is 14.3. The average Bonchev–Trinajstić information content (AvgIpc) is 3.24. The Morgan fingerprint density at radius 3 is 2.96 bits per heavy atom. The van der Waals surface area contributed by atoms with Crippen molar-refractivity contribution in [2.75, 3.05) is 26.4 Å². The van der Waals surface area contributed by atoms with Crippen LogP contribution < -0.4 is 10.1 Å². The fourth-order valence-electron chi connectivity index (χ4n) is 3.53. The van der Waals surface area contributed by atoms with Gasteiger partial charge < -0.3 is 14.8 Å². The fraction of sp³-hybridized carbons (Fsp3) is 0.611. The monoisotopic (exact) mass is 337 g/mol. The Kier molecular flexibility index (Phi) is 5.12. The highest BCUT2D eigenvalue weighted by atomic mass is 35.5. The number of rotatable bonds is 6. The maximum absolute atomic E-state index is 12.3. The molecule has 23 heavy (non-hydrogen) atoms. The lowest BCUT2D eigenvalue weighted by Crippen LogP contribution is -2.31. The Bertz CT molecular complexity index is 569. The molecule has 1 atom stereocenters. The van der Waals surface area contributed by atoms with Crippen molar-refractivity contribution in [3.63, 3.8) is 0 Å². The van der Waals surface area contributed by atoms with Gasteiger partial charge in [0.2, 0.25) is 5.91 Å². The summed E-state index contributed by atoms with van der Waals surface area (Å²) in [4.78, 5) is 12.3. The first kappa shape index (κ1) is 16.6. The van der Waals surface area contributed by atoms with E-state index in [0.717, 1.165) is 50.2 Å². The molecule has 0 bridgehead atoms. The SMILES string of the molecule is CCOc1ccc(Cl)cc1CCNC(=O)[C@@H]1CC12CCOCC2. The lowest BCUT2D eigenvalue weighted by atomic mass is 9.93. The van der Waals surface area contributed by atoms with Gasteiger partial charge in [0.25, 0.3) is 0 Å². The summed E-state index contributed by atoms with van der Waals surface area (Å²) in [6.07, 6.45) is 3.79. The molecule has 1 spiro atoms. The molecule has 1 N–H and O–H groups in total. The van der Waals surface area contributed by atoms with Crippen molar-refractivity contribution in [1.29, 1.82) is 0 Å². The molecule has 126 valence electrons. The first-order valence-electron chi connectivity index (χ1n) is 8.41. The molecule has 1 saturated carbocycles. The molecule has 0 radical (unpaired) electrons. The number of hydrogen-bond donors (Lipinski definition) is 1. The molecule has 4 nitrogen and oxygen atoms in total. The number of amides is 1. The molecule has 5 heteroatoms. The quantitative estimate of drug-likeness (QED) is 0.867. The van der Waals surface area contributed by atoms with Crippen molar-refractivity contribution >= 4 is 17.5 Å². The van der Waals surface area contributed by atoms with Gasteiger partial charge in [-0.25, -0.2) is 0 Å². The van der Waals surface area contributed by atoms with Crippen LogP contribution in [0, 0.1) is 11.3 Å². The van der Waals surface area contributed by atoms with Crippen molar-refractivity contribution in [2.24, 2.45) is 11.3 Å². The highest BCUT2D eigenvalue weighted by Gasteiger charge is 2.57. The number of benzene rings is 1. The Morgan fingerprint density at radius 1 is 1.43 bits per heavy atom. The minimum Gasteiger partial charge on any atom is -0.494 e. The molecule has 2 aliphatic rings. The summed E-state index contributed by atoms with van der Waals surface area (Å²) >= 11 is 6.06. The summed E-state index contributed by atoms with van der Waals surface area (Å²) in [6.45, 7) is 4.78. The molecule has 1 aromatic carbocycles. The first-order chi connectivity index (χ1) is 11.1. The Labute approximate surface area is 142 Å². The topological polar surface area (TPSA) is 47.6 Å². The molecule has 1 aliphatic heterocycles. The summed E-state index contributed by atoms with van der Waals surface area (Å²) < 4.78 is 11.0. The number of carbonyl (C=O) groups excluding carboxylic acids is 1. The van der Waals surface area contributed by atoms with Crippen LogP contribution in [0.15, 0.2) is 18.2 Å². The highest BCUT2D eigenvalue weighted by Crippen LogP contribution is 2.59. The van der Waals surface area contributed by atoms with Crippen molar-refractivity contribution in [3.8, 4) is 5.75 Å². The van der Waals surface area contributed by atoms with Gasteiger partial charge in [0, 0.05) is 30.7 Å². The largest absolute Gasteiger partial charge is 0.494 e. The second-order valence-corrected chi connectivity index (χ2v) is 6.89. The zero-order chi connectivity index (χ0) is 16.3. The zero-order valence-electron chi connectivity index (χ0n) is 13.6. The van der Waals surface area contributed by atoms with E-state index in [1.165, 1.54) is 0 Å². The highest BCUT2D eigenvalue weighted by molar-refractivity contribution is 6.30. The lowest BCUT2D eigenvalue weighted by molar-refractivity contribution is -0.123. The van der Waals surface area contributed by atoms with Crippen molar-refractivity contribution in [2.45, 2.75) is 32.6 Å². The van der Waals surface area contributed by atoms with E-state index < -0.39 is 0 Å². The van der Waals surface area contributed by atoms with Gasteiger partial charge in [-0.05, 0) is 61.8 Å². The third kappa shape index (κ3) is 3.81. The maximum Gasteiger partial charge on any atom is 0.223 e. The predicted octanol–water partition coefficient (Wildman–Crippen LogP) is 3.21. The van der Waals surface area contributed by atoms with Crippen LogP contribution in [-0.4, -0.2) is 32.3 Å². The standard InChI is InChI=1S/C18H24ClNO3/c1-2-23-16-4-3-14(19)11-13(16)5-8-20-17(21)15-12-18(15)6-9-22-10-7-18/h3-4,11,15H,2,5-10,12H2,1H3,(H,20,21)/t15-/m0/s1. The first-order valence-corrected chi connectivity index (χ1v) is 8.79. The fourth-order valence-corrected chi connectivity index (χ4v) is 3.73. The van der Waals surface area contributed by atoms with Gasteiger partial charge in [0.15, 0.2) is 0 Å². The number of hydrogen-bond acceptors (Lipinski definition) is 3. The Hall–Kier alpha value is -1.26. The van der Waals surface area contributed by atoms with Crippen LogP contribution in [0.1, 0.15) is 31.7 Å². The van der Waals surface area contributed by atoms with E-state index in [4.69, 9.17) is 21.1 Å². The number of ether oxygens (including phenoxy) is 2. The van der Waals surface area contributed by atoms with E-state index in [1.807, 2.05) is 25.1 Å². The number of halogens is 1. The minimum atomic E-state index is 0.178. The third-order valence-electron chi connectivity index (χ3n) is 5.01. The Morgan fingerprint density at radius 2 is 2.22 bits per heavy atom. The van der Waals surface area contributed by atoms with Crippen LogP contribution in [0.2, 0.25) is 5.02 Å². The van der Waals surface area contributed by atoms with Crippen LogP contribution in [0.5, 0.6) is 5.75 Å². The van der Waals surface area contributed by atoms with E-state index >= 15 is 0 Å². The molecular formula is C18H24ClNO3. The molecule has 3 rings (SSSR count).